The van der Waals surface area contributed by atoms with Gasteiger partial charge in [0, 0.05) is 13.1 Å². The fourth-order valence-corrected chi connectivity index (χ4v) is 1.10. The van der Waals surface area contributed by atoms with Gasteiger partial charge in [-0.1, -0.05) is 0 Å². The van der Waals surface area contributed by atoms with Crippen LogP contribution in [0.3, 0.4) is 0 Å². The van der Waals surface area contributed by atoms with Gasteiger partial charge in [-0.3, -0.25) is 4.79 Å². The molecule has 0 heterocycles. The largest absolute Gasteiger partial charge is 0.471 e. The normalized spacial score (nSPS) is 11.9. The number of rotatable bonds is 7. The molecule has 0 atom stereocenters. The van der Waals surface area contributed by atoms with Crippen molar-refractivity contribution in [2.24, 2.45) is 5.73 Å². The summed E-state index contributed by atoms with van der Waals surface area (Å²) in [6.07, 6.45) is -3.00. The molecule has 3 N–H and O–H groups in total. The van der Waals surface area contributed by atoms with Crippen molar-refractivity contribution in [3.63, 3.8) is 0 Å². The van der Waals surface area contributed by atoms with Crippen LogP contribution in [0.2, 0.25) is 0 Å². The minimum atomic E-state index is -4.79. The molecule has 1 amide bonds. The molecule has 4 nitrogen and oxygen atoms in total. The lowest BCUT2D eigenvalue weighted by Gasteiger charge is -2.16. The Kier molecular flexibility index (Phi) is 7.07. The molecule has 0 spiro atoms. The first-order valence-electron chi connectivity index (χ1n) is 5.11. The number of alkyl halides is 3. The van der Waals surface area contributed by atoms with E-state index >= 15 is 0 Å². The van der Waals surface area contributed by atoms with Gasteiger partial charge < -0.3 is 16.0 Å². The van der Waals surface area contributed by atoms with E-state index in [-0.39, 0.29) is 6.54 Å². The smallest absolute Gasteiger partial charge is 0.347 e. The van der Waals surface area contributed by atoms with Crippen molar-refractivity contribution >= 4 is 5.91 Å². The Morgan fingerprint density at radius 3 is 2.44 bits per heavy atom. The highest BCUT2D eigenvalue weighted by molar-refractivity contribution is 5.81. The number of amides is 1. The Labute approximate surface area is 93.0 Å². The lowest BCUT2D eigenvalue weighted by molar-refractivity contribution is -0.173. The van der Waals surface area contributed by atoms with Gasteiger partial charge in [0.25, 0.3) is 0 Å². The molecule has 0 aliphatic heterocycles. The minimum absolute atomic E-state index is 0.00251. The Hall–Kier alpha value is -0.820. The van der Waals surface area contributed by atoms with E-state index in [0.29, 0.717) is 13.1 Å². The third kappa shape index (κ3) is 7.47. The molecule has 0 saturated carbocycles. The van der Waals surface area contributed by atoms with Gasteiger partial charge in [0.1, 0.15) is 0 Å². The summed E-state index contributed by atoms with van der Waals surface area (Å²) in [5, 5.41) is 1.81. The molecular formula is C9H18F3N3O. The van der Waals surface area contributed by atoms with E-state index in [4.69, 9.17) is 5.73 Å². The van der Waals surface area contributed by atoms with E-state index in [1.165, 1.54) is 0 Å². The highest BCUT2D eigenvalue weighted by Gasteiger charge is 2.38. The number of hydrogen-bond acceptors (Lipinski definition) is 3. The number of nitrogens with two attached hydrogens (primary N) is 1. The number of hydrogen-bond donors (Lipinski definition) is 2. The van der Waals surface area contributed by atoms with Gasteiger partial charge in [0.15, 0.2) is 0 Å². The molecule has 0 fully saturated rings. The van der Waals surface area contributed by atoms with Gasteiger partial charge in [-0.2, -0.15) is 13.2 Å². The SMILES string of the molecule is CN(CCCCN)CCNC(=O)C(F)(F)F. The zero-order chi connectivity index (χ0) is 12.6. The molecule has 0 unspecified atom stereocenters. The molecule has 7 heteroatoms. The quantitative estimate of drug-likeness (QED) is 0.632. The average molecular weight is 241 g/mol. The second-order valence-electron chi connectivity index (χ2n) is 3.55. The summed E-state index contributed by atoms with van der Waals surface area (Å²) in [7, 11) is 1.79. The van der Waals surface area contributed by atoms with Crippen molar-refractivity contribution in [1.29, 1.82) is 0 Å². The molecule has 0 aliphatic carbocycles. The summed E-state index contributed by atoms with van der Waals surface area (Å²) in [6, 6.07) is 0. The van der Waals surface area contributed by atoms with E-state index in [2.05, 4.69) is 0 Å². The molecule has 16 heavy (non-hydrogen) atoms. The van der Waals surface area contributed by atoms with Crippen molar-refractivity contribution in [1.82, 2.24) is 10.2 Å². The number of likely N-dealkylation sites (N-methyl/N-ethyl adjacent to an activating group) is 1. The van der Waals surface area contributed by atoms with Crippen LogP contribution in [0.1, 0.15) is 12.8 Å². The second kappa shape index (κ2) is 7.45. The lowest BCUT2D eigenvalue weighted by atomic mass is 10.3. The fourth-order valence-electron chi connectivity index (χ4n) is 1.10. The molecule has 96 valence electrons. The number of carbonyl (C=O) groups excluding carboxylic acids is 1. The Bertz CT molecular complexity index is 209. The Morgan fingerprint density at radius 2 is 1.94 bits per heavy atom. The number of unbranched alkanes of at least 4 members (excludes halogenated alkanes) is 1. The number of nitrogens with zero attached hydrogens (tertiary/aromatic N) is 1. The zero-order valence-electron chi connectivity index (χ0n) is 9.31. The summed E-state index contributed by atoms with van der Waals surface area (Å²) in [6.45, 7) is 1.77. The summed E-state index contributed by atoms with van der Waals surface area (Å²) >= 11 is 0. The van der Waals surface area contributed by atoms with Crippen LogP contribution >= 0.6 is 0 Å². The standard InChI is InChI=1S/C9H18F3N3O/c1-15(6-3-2-4-13)7-5-14-8(16)9(10,11)12/h2-7,13H2,1H3,(H,14,16). The highest BCUT2D eigenvalue weighted by atomic mass is 19.4. The molecule has 0 bridgehead atoms. The van der Waals surface area contributed by atoms with Gasteiger partial charge in [-0.25, -0.2) is 0 Å². The van der Waals surface area contributed by atoms with Crippen LogP contribution in [0.15, 0.2) is 0 Å². The van der Waals surface area contributed by atoms with Crippen LogP contribution in [0, 0.1) is 0 Å². The monoisotopic (exact) mass is 241 g/mol. The molecule has 0 rings (SSSR count). The first-order chi connectivity index (χ1) is 7.38. The van der Waals surface area contributed by atoms with E-state index < -0.39 is 12.1 Å². The van der Waals surface area contributed by atoms with E-state index in [1.807, 2.05) is 10.2 Å². The van der Waals surface area contributed by atoms with E-state index in [1.54, 1.807) is 7.05 Å². The highest BCUT2D eigenvalue weighted by Crippen LogP contribution is 2.13. The van der Waals surface area contributed by atoms with Crippen molar-refractivity contribution in [3.8, 4) is 0 Å². The van der Waals surface area contributed by atoms with E-state index in [0.717, 1.165) is 19.4 Å². The summed E-state index contributed by atoms with van der Waals surface area (Å²) in [5.41, 5.74) is 5.30. The maximum absolute atomic E-state index is 11.8. The second-order valence-corrected chi connectivity index (χ2v) is 3.55. The lowest BCUT2D eigenvalue weighted by Crippen LogP contribution is -2.40. The van der Waals surface area contributed by atoms with Crippen LogP contribution in [0.25, 0.3) is 0 Å². The van der Waals surface area contributed by atoms with Crippen molar-refractivity contribution in [3.05, 3.63) is 0 Å². The third-order valence-corrected chi connectivity index (χ3v) is 2.03. The summed E-state index contributed by atoms with van der Waals surface area (Å²) < 4.78 is 35.3. The first-order valence-corrected chi connectivity index (χ1v) is 5.11. The first kappa shape index (κ1) is 15.2. The summed E-state index contributed by atoms with van der Waals surface area (Å²) in [4.78, 5) is 12.3. The van der Waals surface area contributed by atoms with Crippen molar-refractivity contribution in [2.75, 3.05) is 33.2 Å². The van der Waals surface area contributed by atoms with Crippen LogP contribution in [-0.2, 0) is 4.79 Å². The molecule has 0 aromatic carbocycles. The minimum Gasteiger partial charge on any atom is -0.347 e. The predicted molar refractivity (Wildman–Crippen MR) is 54.9 cm³/mol. The maximum atomic E-state index is 11.8. The van der Waals surface area contributed by atoms with Crippen molar-refractivity contribution in [2.45, 2.75) is 19.0 Å². The van der Waals surface area contributed by atoms with Crippen LogP contribution in [0.4, 0.5) is 13.2 Å². The van der Waals surface area contributed by atoms with E-state index in [9.17, 15) is 18.0 Å². The van der Waals surface area contributed by atoms with Gasteiger partial charge in [0.05, 0.1) is 0 Å². The number of halogens is 3. The van der Waals surface area contributed by atoms with Gasteiger partial charge in [-0.05, 0) is 33.0 Å². The summed E-state index contributed by atoms with van der Waals surface area (Å²) in [5.74, 6) is -1.89. The molecule has 0 aliphatic rings. The maximum Gasteiger partial charge on any atom is 0.471 e. The van der Waals surface area contributed by atoms with Crippen molar-refractivity contribution < 1.29 is 18.0 Å². The number of nitrogens with one attached hydrogen (secondary N) is 1. The molecule has 0 aromatic rings. The Morgan fingerprint density at radius 1 is 1.31 bits per heavy atom. The third-order valence-electron chi connectivity index (χ3n) is 2.03. The topological polar surface area (TPSA) is 58.4 Å². The fraction of sp³-hybridized carbons (Fsp3) is 0.889. The van der Waals surface area contributed by atoms with Gasteiger partial charge in [0.2, 0.25) is 0 Å². The zero-order valence-corrected chi connectivity index (χ0v) is 9.31. The molecular weight excluding hydrogens is 223 g/mol. The molecule has 0 aromatic heterocycles. The number of carbonyl (C=O) groups is 1. The molecule has 0 radical (unpaired) electrons. The van der Waals surface area contributed by atoms with Crippen LogP contribution in [0.5, 0.6) is 0 Å². The van der Waals surface area contributed by atoms with Gasteiger partial charge in [-0.15, -0.1) is 0 Å². The van der Waals surface area contributed by atoms with Crippen LogP contribution in [-0.4, -0.2) is 50.2 Å². The predicted octanol–water partition coefficient (Wildman–Crippen LogP) is 0.336. The average Bonchev–Trinajstić information content (AvgIpc) is 2.16. The molecule has 0 saturated heterocycles. The van der Waals surface area contributed by atoms with Gasteiger partial charge >= 0.3 is 12.1 Å². The Balaban J connectivity index is 3.54. The van der Waals surface area contributed by atoms with Crippen LogP contribution < -0.4 is 11.1 Å².